The van der Waals surface area contributed by atoms with E-state index in [0.717, 1.165) is 13.1 Å². The minimum Gasteiger partial charge on any atom is -0.361 e. The van der Waals surface area contributed by atoms with Crippen molar-refractivity contribution in [3.8, 4) is 0 Å². The first-order valence-corrected chi connectivity index (χ1v) is 12.3. The van der Waals surface area contributed by atoms with Gasteiger partial charge in [-0.05, 0) is 32.1 Å². The smallest absolute Gasteiger partial charge is 0.0851 e. The summed E-state index contributed by atoms with van der Waals surface area (Å²) in [5, 5.41) is 0. The zero-order chi connectivity index (χ0) is 19.3. The van der Waals surface area contributed by atoms with Crippen molar-refractivity contribution in [2.75, 3.05) is 19.6 Å². The molecular formula is C25H48N2. The van der Waals surface area contributed by atoms with Gasteiger partial charge in [0.1, 0.15) is 0 Å². The highest BCUT2D eigenvalue weighted by Crippen LogP contribution is 2.12. The van der Waals surface area contributed by atoms with Crippen molar-refractivity contribution in [1.29, 1.82) is 0 Å². The fourth-order valence-electron chi connectivity index (χ4n) is 3.86. The van der Waals surface area contributed by atoms with Gasteiger partial charge in [-0.1, -0.05) is 103 Å². The molecule has 0 bridgehead atoms. The van der Waals surface area contributed by atoms with Gasteiger partial charge in [-0.15, -0.1) is 0 Å². The predicted octanol–water partition coefficient (Wildman–Crippen LogP) is 7.93. The van der Waals surface area contributed by atoms with Crippen LogP contribution in [0.2, 0.25) is 0 Å². The molecular weight excluding hydrogens is 328 g/mol. The Morgan fingerprint density at radius 2 is 1.15 bits per heavy atom. The standard InChI is InChI=1S/C25H48N2/c1-2-3-4-5-6-7-8-9-10-11-12-13-14-15-16-17-18-19-20-21-23-27-24-22-26-25-27/h9-10,25H,2-8,11-24H2,1H3/b10-9-. The summed E-state index contributed by atoms with van der Waals surface area (Å²) in [6.07, 6.45) is 32.2. The van der Waals surface area contributed by atoms with Crippen LogP contribution in [0.3, 0.4) is 0 Å². The molecule has 0 atom stereocenters. The van der Waals surface area contributed by atoms with E-state index < -0.39 is 0 Å². The molecule has 2 heteroatoms. The van der Waals surface area contributed by atoms with Gasteiger partial charge >= 0.3 is 0 Å². The second-order valence-corrected chi connectivity index (χ2v) is 8.41. The van der Waals surface area contributed by atoms with Gasteiger partial charge in [0.15, 0.2) is 0 Å². The van der Waals surface area contributed by atoms with Crippen molar-refractivity contribution in [1.82, 2.24) is 4.90 Å². The molecule has 0 saturated heterocycles. The first-order valence-electron chi connectivity index (χ1n) is 12.3. The topological polar surface area (TPSA) is 15.6 Å². The summed E-state index contributed by atoms with van der Waals surface area (Å²) < 4.78 is 0. The Hall–Kier alpha value is -0.790. The van der Waals surface area contributed by atoms with E-state index in [0.29, 0.717) is 0 Å². The fraction of sp³-hybridized carbons (Fsp3) is 0.880. The van der Waals surface area contributed by atoms with Crippen LogP contribution in [0.25, 0.3) is 0 Å². The first-order chi connectivity index (χ1) is 13.4. The summed E-state index contributed by atoms with van der Waals surface area (Å²) in [6.45, 7) is 5.67. The number of hydrogen-bond acceptors (Lipinski definition) is 2. The van der Waals surface area contributed by atoms with Crippen molar-refractivity contribution in [3.05, 3.63) is 12.2 Å². The van der Waals surface area contributed by atoms with Crippen LogP contribution in [0, 0.1) is 0 Å². The summed E-state index contributed by atoms with van der Waals surface area (Å²) >= 11 is 0. The Labute approximate surface area is 170 Å². The van der Waals surface area contributed by atoms with Gasteiger partial charge in [-0.2, -0.15) is 0 Å². The highest BCUT2D eigenvalue weighted by molar-refractivity contribution is 5.56. The molecule has 0 aromatic heterocycles. The van der Waals surface area contributed by atoms with Crippen molar-refractivity contribution in [2.45, 2.75) is 122 Å². The third-order valence-electron chi connectivity index (χ3n) is 5.72. The third kappa shape index (κ3) is 17.1. The van der Waals surface area contributed by atoms with E-state index in [1.54, 1.807) is 0 Å². The normalized spacial score (nSPS) is 14.0. The Balaban J connectivity index is 1.67. The molecule has 1 rings (SSSR count). The Kier molecular flexibility index (Phi) is 17.9. The molecule has 1 heterocycles. The van der Waals surface area contributed by atoms with Crippen LogP contribution in [0.1, 0.15) is 122 Å². The molecule has 1 aliphatic heterocycles. The minimum atomic E-state index is 1.01. The van der Waals surface area contributed by atoms with E-state index in [-0.39, 0.29) is 0 Å². The number of unbranched alkanes of at least 4 members (excludes halogenated alkanes) is 16. The molecule has 27 heavy (non-hydrogen) atoms. The fourth-order valence-corrected chi connectivity index (χ4v) is 3.86. The molecule has 0 aliphatic carbocycles. The van der Waals surface area contributed by atoms with Crippen LogP contribution in [0.15, 0.2) is 17.1 Å². The van der Waals surface area contributed by atoms with Crippen LogP contribution in [-0.4, -0.2) is 30.9 Å². The summed E-state index contributed by atoms with van der Waals surface area (Å²) in [5.41, 5.74) is 0. The molecule has 0 aromatic carbocycles. The van der Waals surface area contributed by atoms with Gasteiger partial charge in [-0.3, -0.25) is 4.99 Å². The van der Waals surface area contributed by atoms with E-state index in [4.69, 9.17) is 0 Å². The number of allylic oxidation sites excluding steroid dienone is 2. The van der Waals surface area contributed by atoms with Crippen LogP contribution < -0.4 is 0 Å². The maximum absolute atomic E-state index is 4.27. The highest BCUT2D eigenvalue weighted by atomic mass is 15.2. The second-order valence-electron chi connectivity index (χ2n) is 8.41. The lowest BCUT2D eigenvalue weighted by Crippen LogP contribution is -2.20. The van der Waals surface area contributed by atoms with Crippen LogP contribution in [0.4, 0.5) is 0 Å². The van der Waals surface area contributed by atoms with Gasteiger partial charge in [0.05, 0.1) is 12.9 Å². The van der Waals surface area contributed by atoms with E-state index in [2.05, 4.69) is 29.0 Å². The number of hydrogen-bond donors (Lipinski definition) is 0. The van der Waals surface area contributed by atoms with Gasteiger partial charge in [0, 0.05) is 13.1 Å². The number of rotatable bonds is 20. The van der Waals surface area contributed by atoms with Gasteiger partial charge in [0.2, 0.25) is 0 Å². The molecule has 158 valence electrons. The number of nitrogens with zero attached hydrogens (tertiary/aromatic N) is 2. The zero-order valence-electron chi connectivity index (χ0n) is 18.5. The molecule has 2 nitrogen and oxygen atoms in total. The van der Waals surface area contributed by atoms with E-state index >= 15 is 0 Å². The number of aliphatic imine (C=N–C) groups is 1. The summed E-state index contributed by atoms with van der Waals surface area (Å²) in [4.78, 5) is 6.63. The lowest BCUT2D eigenvalue weighted by molar-refractivity contribution is 0.438. The van der Waals surface area contributed by atoms with Gasteiger partial charge < -0.3 is 4.90 Å². The highest BCUT2D eigenvalue weighted by Gasteiger charge is 2.03. The van der Waals surface area contributed by atoms with E-state index in [1.165, 1.54) is 122 Å². The lowest BCUT2D eigenvalue weighted by Gasteiger charge is -2.12. The van der Waals surface area contributed by atoms with E-state index in [9.17, 15) is 0 Å². The average Bonchev–Trinajstić information content (AvgIpc) is 3.20. The SMILES string of the molecule is CCCCCCCC/C=C\CCCCCCCCCCCCN1C=NCC1. The van der Waals surface area contributed by atoms with Crippen molar-refractivity contribution in [2.24, 2.45) is 4.99 Å². The van der Waals surface area contributed by atoms with Gasteiger partial charge in [-0.25, -0.2) is 0 Å². The maximum atomic E-state index is 4.27. The summed E-state index contributed by atoms with van der Waals surface area (Å²) in [5.74, 6) is 0. The molecule has 0 N–H and O–H groups in total. The quantitative estimate of drug-likeness (QED) is 0.155. The van der Waals surface area contributed by atoms with Crippen LogP contribution in [-0.2, 0) is 0 Å². The monoisotopic (exact) mass is 376 g/mol. The van der Waals surface area contributed by atoms with Crippen molar-refractivity contribution >= 4 is 6.34 Å². The Bertz CT molecular complexity index is 348. The van der Waals surface area contributed by atoms with Crippen LogP contribution >= 0.6 is 0 Å². The zero-order valence-corrected chi connectivity index (χ0v) is 18.5. The molecule has 1 aliphatic rings. The Morgan fingerprint density at radius 1 is 0.667 bits per heavy atom. The summed E-state index contributed by atoms with van der Waals surface area (Å²) in [7, 11) is 0. The second kappa shape index (κ2) is 20.0. The van der Waals surface area contributed by atoms with Crippen molar-refractivity contribution < 1.29 is 0 Å². The lowest BCUT2D eigenvalue weighted by atomic mass is 10.1. The van der Waals surface area contributed by atoms with E-state index in [1.807, 2.05) is 6.34 Å². The summed E-state index contributed by atoms with van der Waals surface area (Å²) in [6, 6.07) is 0. The largest absolute Gasteiger partial charge is 0.361 e. The predicted molar refractivity (Wildman–Crippen MR) is 123 cm³/mol. The molecule has 0 aromatic rings. The molecule has 0 unspecified atom stereocenters. The molecule has 0 fully saturated rings. The van der Waals surface area contributed by atoms with Gasteiger partial charge in [0.25, 0.3) is 0 Å². The van der Waals surface area contributed by atoms with Crippen molar-refractivity contribution in [3.63, 3.8) is 0 Å². The van der Waals surface area contributed by atoms with Crippen LogP contribution in [0.5, 0.6) is 0 Å². The minimum absolute atomic E-state index is 1.01. The molecule has 0 radical (unpaired) electrons. The average molecular weight is 377 g/mol. The first kappa shape index (κ1) is 24.2. The molecule has 0 saturated carbocycles. The molecule has 0 spiro atoms. The third-order valence-corrected chi connectivity index (χ3v) is 5.72. The Morgan fingerprint density at radius 3 is 1.63 bits per heavy atom. The molecule has 0 amide bonds. The maximum Gasteiger partial charge on any atom is 0.0851 e.